The van der Waals surface area contributed by atoms with Gasteiger partial charge in [-0.05, 0) is 32.9 Å². The fraction of sp³-hybridized carbons (Fsp3) is 0.455. The summed E-state index contributed by atoms with van der Waals surface area (Å²) in [5.41, 5.74) is 1.70. The van der Waals surface area contributed by atoms with Crippen LogP contribution >= 0.6 is 11.6 Å². The van der Waals surface area contributed by atoms with Crippen molar-refractivity contribution in [2.24, 2.45) is 0 Å². The molecule has 0 fully saturated rings. The van der Waals surface area contributed by atoms with E-state index in [-0.39, 0.29) is 0 Å². The van der Waals surface area contributed by atoms with Crippen LogP contribution in [-0.4, -0.2) is 25.5 Å². The van der Waals surface area contributed by atoms with E-state index in [1.54, 1.807) is 24.6 Å². The molecule has 2 rings (SSSR count). The summed E-state index contributed by atoms with van der Waals surface area (Å²) in [5, 5.41) is 14.6. The van der Waals surface area contributed by atoms with Gasteiger partial charge in [0.15, 0.2) is 0 Å². The Morgan fingerprint density at radius 1 is 1.44 bits per heavy atom. The van der Waals surface area contributed by atoms with Crippen molar-refractivity contribution in [1.29, 1.82) is 0 Å². The third-order valence-corrected chi connectivity index (χ3v) is 2.48. The van der Waals surface area contributed by atoms with Gasteiger partial charge >= 0.3 is 0 Å². The largest absolute Gasteiger partial charge is 0.389 e. The van der Waals surface area contributed by atoms with Gasteiger partial charge in [0.1, 0.15) is 10.7 Å². The third kappa shape index (κ3) is 2.18. The zero-order valence-corrected chi connectivity index (χ0v) is 10.3. The van der Waals surface area contributed by atoms with Gasteiger partial charge in [-0.2, -0.15) is 5.10 Å². The van der Waals surface area contributed by atoms with Gasteiger partial charge in [-0.3, -0.25) is 4.68 Å². The Morgan fingerprint density at radius 2 is 2.12 bits per heavy atom. The van der Waals surface area contributed by atoms with Gasteiger partial charge in [0.25, 0.3) is 0 Å². The normalized spacial score (nSPS) is 12.3. The molecule has 4 nitrogen and oxygen atoms in total. The molecule has 5 heteroatoms. The van der Waals surface area contributed by atoms with Gasteiger partial charge in [-0.1, -0.05) is 11.6 Å². The number of nitrogens with zero attached hydrogens (tertiary/aromatic N) is 3. The highest BCUT2D eigenvalue weighted by molar-refractivity contribution is 6.29. The topological polar surface area (TPSA) is 50.9 Å². The standard InChI is InChI=1S/C11H14ClN3O/c1-7-10-8(4-5-9(12)13-10)15(14-7)6-11(2,3)16/h4-5,16H,6H2,1-3H3. The Balaban J connectivity index is 2.55. The van der Waals surface area contributed by atoms with Crippen LogP contribution in [0.15, 0.2) is 12.1 Å². The predicted octanol–water partition coefficient (Wildman–Crippen LogP) is 2.16. The average molecular weight is 240 g/mol. The van der Waals surface area contributed by atoms with E-state index in [1.807, 2.05) is 13.0 Å². The van der Waals surface area contributed by atoms with Crippen LogP contribution in [0.2, 0.25) is 5.15 Å². The van der Waals surface area contributed by atoms with E-state index < -0.39 is 5.60 Å². The molecular formula is C11H14ClN3O. The molecule has 2 heterocycles. The third-order valence-electron chi connectivity index (χ3n) is 2.27. The van der Waals surface area contributed by atoms with E-state index in [9.17, 15) is 5.11 Å². The van der Waals surface area contributed by atoms with Crippen molar-refractivity contribution in [2.75, 3.05) is 0 Å². The van der Waals surface area contributed by atoms with Gasteiger partial charge < -0.3 is 5.11 Å². The highest BCUT2D eigenvalue weighted by Gasteiger charge is 2.17. The van der Waals surface area contributed by atoms with Crippen molar-refractivity contribution in [3.8, 4) is 0 Å². The van der Waals surface area contributed by atoms with Gasteiger partial charge in [0.05, 0.1) is 23.4 Å². The molecule has 0 spiro atoms. The Labute approximate surface area is 98.9 Å². The van der Waals surface area contributed by atoms with E-state index in [0.29, 0.717) is 11.7 Å². The van der Waals surface area contributed by atoms with Gasteiger partial charge in [0, 0.05) is 0 Å². The first-order valence-electron chi connectivity index (χ1n) is 5.09. The Kier molecular flexibility index (Phi) is 2.64. The lowest BCUT2D eigenvalue weighted by atomic mass is 10.1. The highest BCUT2D eigenvalue weighted by atomic mass is 35.5. The van der Waals surface area contributed by atoms with Crippen molar-refractivity contribution < 1.29 is 5.11 Å². The number of hydrogen-bond acceptors (Lipinski definition) is 3. The molecule has 0 amide bonds. The van der Waals surface area contributed by atoms with Crippen molar-refractivity contribution in [3.63, 3.8) is 0 Å². The van der Waals surface area contributed by atoms with Crippen LogP contribution in [0.25, 0.3) is 11.0 Å². The van der Waals surface area contributed by atoms with Gasteiger partial charge in [0.2, 0.25) is 0 Å². The Hall–Kier alpha value is -1.13. The molecule has 2 aromatic rings. The quantitative estimate of drug-likeness (QED) is 0.818. The molecule has 0 aliphatic heterocycles. The minimum absolute atomic E-state index is 0.431. The van der Waals surface area contributed by atoms with Crippen LogP contribution in [0.4, 0.5) is 0 Å². The molecule has 2 aromatic heterocycles. The maximum Gasteiger partial charge on any atom is 0.129 e. The molecule has 0 saturated heterocycles. The van der Waals surface area contributed by atoms with Crippen molar-refractivity contribution >= 4 is 22.6 Å². The minimum Gasteiger partial charge on any atom is -0.389 e. The van der Waals surface area contributed by atoms with Crippen molar-refractivity contribution in [1.82, 2.24) is 14.8 Å². The summed E-state index contributed by atoms with van der Waals surface area (Å²) in [5.74, 6) is 0. The van der Waals surface area contributed by atoms with E-state index >= 15 is 0 Å². The lowest BCUT2D eigenvalue weighted by molar-refractivity contribution is 0.0590. The van der Waals surface area contributed by atoms with Crippen LogP contribution in [-0.2, 0) is 6.54 Å². The van der Waals surface area contributed by atoms with Gasteiger partial charge in [-0.15, -0.1) is 0 Å². The summed E-state index contributed by atoms with van der Waals surface area (Å²) in [6, 6.07) is 3.60. The first-order chi connectivity index (χ1) is 7.37. The van der Waals surface area contributed by atoms with Crippen LogP contribution < -0.4 is 0 Å². The molecule has 0 unspecified atom stereocenters. The molecule has 16 heavy (non-hydrogen) atoms. The summed E-state index contributed by atoms with van der Waals surface area (Å²) < 4.78 is 1.76. The summed E-state index contributed by atoms with van der Waals surface area (Å²) in [4.78, 5) is 4.23. The lowest BCUT2D eigenvalue weighted by Crippen LogP contribution is -2.26. The number of aromatic nitrogens is 3. The van der Waals surface area contributed by atoms with Gasteiger partial charge in [-0.25, -0.2) is 4.98 Å². The smallest absolute Gasteiger partial charge is 0.129 e. The monoisotopic (exact) mass is 239 g/mol. The molecule has 0 bridgehead atoms. The SMILES string of the molecule is Cc1nn(CC(C)(C)O)c2ccc(Cl)nc12. The fourth-order valence-corrected chi connectivity index (χ4v) is 1.82. The number of hydrogen-bond donors (Lipinski definition) is 1. The first kappa shape index (κ1) is 11.4. The molecule has 0 saturated carbocycles. The van der Waals surface area contributed by atoms with E-state index in [1.165, 1.54) is 0 Å². The fourth-order valence-electron chi connectivity index (χ4n) is 1.67. The van der Waals surface area contributed by atoms with Crippen LogP contribution in [0.5, 0.6) is 0 Å². The first-order valence-corrected chi connectivity index (χ1v) is 5.47. The minimum atomic E-state index is -0.801. The van der Waals surface area contributed by atoms with E-state index in [0.717, 1.165) is 16.7 Å². The molecule has 0 aliphatic rings. The molecule has 0 aromatic carbocycles. The second-order valence-electron chi connectivity index (χ2n) is 4.56. The van der Waals surface area contributed by atoms with Crippen molar-refractivity contribution in [3.05, 3.63) is 23.0 Å². The number of rotatable bonds is 2. The zero-order chi connectivity index (χ0) is 11.9. The number of fused-ring (bicyclic) bond motifs is 1. The van der Waals surface area contributed by atoms with E-state index in [2.05, 4.69) is 10.1 Å². The summed E-state index contributed by atoms with van der Waals surface area (Å²) in [6.45, 7) is 5.81. The Bertz CT molecular complexity index is 528. The average Bonchev–Trinajstić information content (AvgIpc) is 2.40. The summed E-state index contributed by atoms with van der Waals surface area (Å²) in [6.07, 6.45) is 0. The molecule has 0 radical (unpaired) electrons. The van der Waals surface area contributed by atoms with Crippen LogP contribution in [0.3, 0.4) is 0 Å². The van der Waals surface area contributed by atoms with Crippen molar-refractivity contribution in [2.45, 2.75) is 32.9 Å². The number of aryl methyl sites for hydroxylation is 1. The maximum atomic E-state index is 9.79. The number of halogens is 1. The highest BCUT2D eigenvalue weighted by Crippen LogP contribution is 2.20. The van der Waals surface area contributed by atoms with E-state index in [4.69, 9.17) is 11.6 Å². The Morgan fingerprint density at radius 3 is 2.75 bits per heavy atom. The van der Waals surface area contributed by atoms with Crippen LogP contribution in [0.1, 0.15) is 19.5 Å². The number of aliphatic hydroxyl groups is 1. The summed E-state index contributed by atoms with van der Waals surface area (Å²) >= 11 is 5.84. The summed E-state index contributed by atoms with van der Waals surface area (Å²) in [7, 11) is 0. The predicted molar refractivity (Wildman–Crippen MR) is 63.6 cm³/mol. The number of pyridine rings is 1. The second-order valence-corrected chi connectivity index (χ2v) is 4.94. The second kappa shape index (κ2) is 3.71. The molecule has 0 aliphatic carbocycles. The molecule has 0 atom stereocenters. The molecule has 1 N–H and O–H groups in total. The zero-order valence-electron chi connectivity index (χ0n) is 9.53. The maximum absolute atomic E-state index is 9.79. The molecular weight excluding hydrogens is 226 g/mol. The molecule has 86 valence electrons. The lowest BCUT2D eigenvalue weighted by Gasteiger charge is -2.17. The van der Waals surface area contributed by atoms with Crippen LogP contribution in [0, 0.1) is 6.92 Å².